The predicted molar refractivity (Wildman–Crippen MR) is 168 cm³/mol. The highest BCUT2D eigenvalue weighted by Gasteiger charge is 2.28. The van der Waals surface area contributed by atoms with Gasteiger partial charge in [0.1, 0.15) is 17.2 Å². The van der Waals surface area contributed by atoms with Crippen LogP contribution in [0.15, 0.2) is 48.5 Å². The van der Waals surface area contributed by atoms with E-state index in [1.807, 2.05) is 19.1 Å². The molecule has 0 N–H and O–H groups in total. The molecule has 6 nitrogen and oxygen atoms in total. The van der Waals surface area contributed by atoms with E-state index in [9.17, 15) is 9.59 Å². The highest BCUT2D eigenvalue weighted by molar-refractivity contribution is 6.84. The minimum atomic E-state index is -1.48. The molecule has 8 heteroatoms. The van der Waals surface area contributed by atoms with Crippen molar-refractivity contribution in [3.8, 4) is 17.2 Å². The van der Waals surface area contributed by atoms with Gasteiger partial charge in [0, 0.05) is 6.42 Å². The molecule has 222 valence electrons. The molecule has 2 aromatic carbocycles. The lowest BCUT2D eigenvalue weighted by Crippen LogP contribution is -2.42. The SMILES string of the molecule is CCCC(=O)Oc1ccc(C(=O)Oc2ccc(OCCCCCCCCCC[Si](C)(C)O[Si](C)(C)C)cc2)cc1. The second kappa shape index (κ2) is 17.4. The molecule has 0 unspecified atom stereocenters. The summed E-state index contributed by atoms with van der Waals surface area (Å²) in [4.78, 5) is 24.0. The van der Waals surface area contributed by atoms with Crippen molar-refractivity contribution in [1.29, 1.82) is 0 Å². The fourth-order valence-electron chi connectivity index (χ4n) is 4.60. The lowest BCUT2D eigenvalue weighted by molar-refractivity contribution is -0.134. The molecular formula is C32H50O6Si2. The molecular weight excluding hydrogens is 537 g/mol. The third kappa shape index (κ3) is 14.8. The molecule has 0 amide bonds. The van der Waals surface area contributed by atoms with E-state index in [0.29, 0.717) is 30.1 Å². The average Bonchev–Trinajstić information content (AvgIpc) is 2.87. The molecule has 0 aliphatic heterocycles. The van der Waals surface area contributed by atoms with E-state index in [-0.39, 0.29) is 5.97 Å². The van der Waals surface area contributed by atoms with E-state index in [4.69, 9.17) is 18.3 Å². The zero-order chi connectivity index (χ0) is 29.4. The first-order valence-corrected chi connectivity index (χ1v) is 21.5. The molecule has 0 saturated heterocycles. The van der Waals surface area contributed by atoms with E-state index >= 15 is 0 Å². The fourth-order valence-corrected chi connectivity index (χ4v) is 12.7. The molecule has 0 fully saturated rings. The Bertz CT molecular complexity index is 1010. The van der Waals surface area contributed by atoms with Gasteiger partial charge < -0.3 is 18.3 Å². The molecule has 0 aliphatic carbocycles. The molecule has 0 heterocycles. The van der Waals surface area contributed by atoms with Crippen LogP contribution < -0.4 is 14.2 Å². The normalized spacial score (nSPS) is 11.8. The standard InChI is InChI=1S/C32H50O6Si2/c1-7-16-31(33)36-29-19-17-27(18-20-29)32(34)37-30-23-21-28(22-24-30)35-25-14-12-10-8-9-11-13-15-26-40(5,6)38-39(2,3)4/h17-24H,7-16,25-26H2,1-6H3. The van der Waals surface area contributed by atoms with Gasteiger partial charge in [-0.2, -0.15) is 0 Å². The molecule has 0 bridgehead atoms. The van der Waals surface area contributed by atoms with Crippen LogP contribution in [-0.4, -0.2) is 35.2 Å². The Morgan fingerprint density at radius 1 is 0.650 bits per heavy atom. The Morgan fingerprint density at radius 3 is 1.73 bits per heavy atom. The van der Waals surface area contributed by atoms with Crippen molar-refractivity contribution in [2.75, 3.05) is 6.61 Å². The molecule has 0 spiro atoms. The summed E-state index contributed by atoms with van der Waals surface area (Å²) in [6.45, 7) is 14.2. The monoisotopic (exact) mass is 586 g/mol. The van der Waals surface area contributed by atoms with Crippen molar-refractivity contribution >= 4 is 28.6 Å². The molecule has 0 radical (unpaired) electrons. The van der Waals surface area contributed by atoms with Crippen LogP contribution in [0.3, 0.4) is 0 Å². The second-order valence-electron chi connectivity index (χ2n) is 12.0. The molecule has 2 rings (SSSR count). The molecule has 0 aliphatic rings. The number of hydrogen-bond donors (Lipinski definition) is 0. The summed E-state index contributed by atoms with van der Waals surface area (Å²) in [5.41, 5.74) is 0.383. The summed E-state index contributed by atoms with van der Waals surface area (Å²) in [6.07, 6.45) is 11.1. The van der Waals surface area contributed by atoms with E-state index in [2.05, 4.69) is 32.7 Å². The van der Waals surface area contributed by atoms with Gasteiger partial charge >= 0.3 is 11.9 Å². The van der Waals surface area contributed by atoms with Gasteiger partial charge in [0.25, 0.3) is 0 Å². The number of benzene rings is 2. The summed E-state index contributed by atoms with van der Waals surface area (Å²) in [6, 6.07) is 14.7. The Hall–Kier alpha value is -2.43. The Balaban J connectivity index is 1.54. The van der Waals surface area contributed by atoms with Gasteiger partial charge in [0.2, 0.25) is 0 Å². The summed E-state index contributed by atoms with van der Waals surface area (Å²) in [5.74, 6) is 0.872. The van der Waals surface area contributed by atoms with Crippen LogP contribution in [0.5, 0.6) is 17.2 Å². The first kappa shape index (κ1) is 33.8. The maximum atomic E-state index is 12.4. The maximum Gasteiger partial charge on any atom is 0.343 e. The molecule has 2 aromatic rings. The number of carbonyl (C=O) groups is 2. The van der Waals surface area contributed by atoms with Crippen LogP contribution in [0.1, 0.15) is 81.5 Å². The van der Waals surface area contributed by atoms with Crippen LogP contribution in [-0.2, 0) is 8.91 Å². The van der Waals surface area contributed by atoms with Gasteiger partial charge in [-0.05, 0) is 100 Å². The quantitative estimate of drug-likeness (QED) is 0.0707. The van der Waals surface area contributed by atoms with Crippen molar-refractivity contribution in [3.63, 3.8) is 0 Å². The van der Waals surface area contributed by atoms with Gasteiger partial charge in [-0.1, -0.05) is 51.9 Å². The van der Waals surface area contributed by atoms with Gasteiger partial charge in [-0.3, -0.25) is 4.79 Å². The van der Waals surface area contributed by atoms with Crippen LogP contribution in [0.25, 0.3) is 0 Å². The van der Waals surface area contributed by atoms with E-state index < -0.39 is 22.6 Å². The lowest BCUT2D eigenvalue weighted by Gasteiger charge is -2.31. The summed E-state index contributed by atoms with van der Waals surface area (Å²) >= 11 is 0. The first-order chi connectivity index (χ1) is 19.0. The van der Waals surface area contributed by atoms with Gasteiger partial charge in [0.15, 0.2) is 16.6 Å². The third-order valence-corrected chi connectivity index (χ3v) is 12.6. The number of ether oxygens (including phenoxy) is 3. The Morgan fingerprint density at radius 2 is 1.15 bits per heavy atom. The first-order valence-electron chi connectivity index (χ1n) is 14.9. The zero-order valence-corrected chi connectivity index (χ0v) is 27.6. The third-order valence-electron chi connectivity index (χ3n) is 6.33. The number of hydrogen-bond acceptors (Lipinski definition) is 6. The minimum Gasteiger partial charge on any atom is -0.494 e. The van der Waals surface area contributed by atoms with Crippen molar-refractivity contribution in [3.05, 3.63) is 54.1 Å². The Kier molecular flexibility index (Phi) is 14.7. The largest absolute Gasteiger partial charge is 0.494 e. The summed E-state index contributed by atoms with van der Waals surface area (Å²) in [5, 5.41) is 0. The minimum absolute atomic E-state index is 0.286. The molecule has 0 atom stereocenters. The molecule has 0 saturated carbocycles. The van der Waals surface area contributed by atoms with E-state index in [1.54, 1.807) is 36.4 Å². The van der Waals surface area contributed by atoms with Gasteiger partial charge in [-0.15, -0.1) is 0 Å². The van der Waals surface area contributed by atoms with Crippen molar-refractivity contribution < 1.29 is 27.9 Å². The number of esters is 2. The summed E-state index contributed by atoms with van der Waals surface area (Å²) in [7, 11) is -2.89. The van der Waals surface area contributed by atoms with Crippen LogP contribution in [0.4, 0.5) is 0 Å². The number of carbonyl (C=O) groups excluding carboxylic acids is 2. The van der Waals surface area contributed by atoms with Crippen molar-refractivity contribution in [2.24, 2.45) is 0 Å². The van der Waals surface area contributed by atoms with Gasteiger partial charge in [0.05, 0.1) is 12.2 Å². The van der Waals surface area contributed by atoms with Gasteiger partial charge in [-0.25, -0.2) is 4.79 Å². The van der Waals surface area contributed by atoms with Crippen LogP contribution in [0.2, 0.25) is 38.8 Å². The lowest BCUT2D eigenvalue weighted by atomic mass is 10.1. The Labute approximate surface area is 244 Å². The second-order valence-corrected chi connectivity index (χ2v) is 21.1. The van der Waals surface area contributed by atoms with Crippen molar-refractivity contribution in [2.45, 2.75) is 110 Å². The smallest absolute Gasteiger partial charge is 0.343 e. The highest BCUT2D eigenvalue weighted by atomic mass is 28.4. The average molecular weight is 587 g/mol. The van der Waals surface area contributed by atoms with Crippen LogP contribution in [0, 0.1) is 0 Å². The number of unbranched alkanes of at least 4 members (excludes halogenated alkanes) is 7. The highest BCUT2D eigenvalue weighted by Crippen LogP contribution is 2.23. The molecule has 40 heavy (non-hydrogen) atoms. The predicted octanol–water partition coefficient (Wildman–Crippen LogP) is 9.17. The topological polar surface area (TPSA) is 71.1 Å². The van der Waals surface area contributed by atoms with Crippen molar-refractivity contribution in [1.82, 2.24) is 0 Å². The maximum absolute atomic E-state index is 12.4. The zero-order valence-electron chi connectivity index (χ0n) is 25.6. The van der Waals surface area contributed by atoms with Crippen LogP contribution >= 0.6 is 0 Å². The fraction of sp³-hybridized carbons (Fsp3) is 0.562. The number of rotatable bonds is 19. The van der Waals surface area contributed by atoms with E-state index in [1.165, 1.54) is 51.0 Å². The molecule has 0 aromatic heterocycles. The summed E-state index contributed by atoms with van der Waals surface area (Å²) < 4.78 is 22.9. The van der Waals surface area contributed by atoms with E-state index in [0.717, 1.165) is 18.6 Å².